The molecule has 0 aromatic carbocycles. The molecule has 0 saturated carbocycles. The number of carbonyl (C=O) groups is 2. The van der Waals surface area contributed by atoms with Gasteiger partial charge in [0.1, 0.15) is 5.54 Å². The van der Waals surface area contributed by atoms with Crippen LogP contribution in [0.25, 0.3) is 0 Å². The first-order valence-electron chi connectivity index (χ1n) is 7.19. The van der Waals surface area contributed by atoms with E-state index in [-0.39, 0.29) is 11.8 Å². The van der Waals surface area contributed by atoms with Crippen LogP contribution < -0.4 is 5.32 Å². The monoisotopic (exact) mass is 271 g/mol. The van der Waals surface area contributed by atoms with E-state index in [1.165, 1.54) is 0 Å². The Kier molecular flexibility index (Phi) is 6.28. The molecule has 1 atom stereocenters. The molecule has 1 heterocycles. The van der Waals surface area contributed by atoms with E-state index in [0.717, 1.165) is 25.7 Å². The minimum absolute atomic E-state index is 0.0842. The Morgan fingerprint density at radius 2 is 1.95 bits per heavy atom. The van der Waals surface area contributed by atoms with Crippen LogP contribution in [0, 0.1) is 5.92 Å². The molecule has 0 aliphatic carbocycles. The third-order valence-corrected chi connectivity index (χ3v) is 3.89. The highest BCUT2D eigenvalue weighted by Crippen LogP contribution is 2.23. The van der Waals surface area contributed by atoms with Gasteiger partial charge in [-0.3, -0.25) is 4.79 Å². The van der Waals surface area contributed by atoms with Gasteiger partial charge in [-0.25, -0.2) is 4.79 Å². The van der Waals surface area contributed by atoms with Gasteiger partial charge in [-0.15, -0.1) is 0 Å². The van der Waals surface area contributed by atoms with Crippen molar-refractivity contribution in [1.29, 1.82) is 0 Å². The fourth-order valence-corrected chi connectivity index (χ4v) is 2.42. The van der Waals surface area contributed by atoms with E-state index < -0.39 is 11.5 Å². The molecule has 0 bridgehead atoms. The highest BCUT2D eigenvalue weighted by Gasteiger charge is 2.42. The van der Waals surface area contributed by atoms with Crippen LogP contribution in [0.5, 0.6) is 0 Å². The highest BCUT2D eigenvalue weighted by molar-refractivity contribution is 5.88. The number of nitrogens with one attached hydrogen (secondary N) is 1. The Balaban J connectivity index is 2.67. The molecule has 1 aliphatic rings. The summed E-state index contributed by atoms with van der Waals surface area (Å²) < 4.78 is 5.19. The third-order valence-electron chi connectivity index (χ3n) is 3.89. The summed E-state index contributed by atoms with van der Waals surface area (Å²) in [6.45, 7) is 4.83. The number of hydrogen-bond acceptors (Lipinski definition) is 3. The first-order valence-corrected chi connectivity index (χ1v) is 7.19. The largest absolute Gasteiger partial charge is 0.480 e. The molecule has 0 aromatic heterocycles. The van der Waals surface area contributed by atoms with Gasteiger partial charge in [-0.2, -0.15) is 0 Å². The number of hydrogen-bond donors (Lipinski definition) is 2. The number of ether oxygens (including phenoxy) is 1. The van der Waals surface area contributed by atoms with Crippen molar-refractivity contribution in [1.82, 2.24) is 5.32 Å². The molecule has 5 heteroatoms. The van der Waals surface area contributed by atoms with Gasteiger partial charge >= 0.3 is 5.97 Å². The summed E-state index contributed by atoms with van der Waals surface area (Å²) in [5, 5.41) is 12.2. The fourth-order valence-electron chi connectivity index (χ4n) is 2.42. The molecule has 1 rings (SSSR count). The second-order valence-electron chi connectivity index (χ2n) is 5.24. The topological polar surface area (TPSA) is 75.6 Å². The summed E-state index contributed by atoms with van der Waals surface area (Å²) in [6, 6.07) is 0. The van der Waals surface area contributed by atoms with Gasteiger partial charge in [0.2, 0.25) is 5.91 Å². The molecule has 0 spiro atoms. The van der Waals surface area contributed by atoms with Crippen molar-refractivity contribution in [2.24, 2.45) is 5.92 Å². The van der Waals surface area contributed by atoms with E-state index in [2.05, 4.69) is 12.2 Å². The second kappa shape index (κ2) is 7.48. The van der Waals surface area contributed by atoms with E-state index in [1.807, 2.05) is 6.92 Å². The molecule has 110 valence electrons. The molecular weight excluding hydrogens is 246 g/mol. The number of carbonyl (C=O) groups excluding carboxylic acids is 1. The number of rotatable bonds is 7. The van der Waals surface area contributed by atoms with Crippen molar-refractivity contribution in [3.05, 3.63) is 0 Å². The summed E-state index contributed by atoms with van der Waals surface area (Å²) in [5.74, 6) is -1.16. The number of carboxylic acids is 1. The molecular formula is C14H25NO4. The maximum atomic E-state index is 12.2. The van der Waals surface area contributed by atoms with Gasteiger partial charge in [0.05, 0.1) is 0 Å². The first kappa shape index (κ1) is 16.0. The maximum absolute atomic E-state index is 12.2. The molecule has 1 amide bonds. The second-order valence-corrected chi connectivity index (χ2v) is 5.24. The van der Waals surface area contributed by atoms with Gasteiger partial charge in [0.25, 0.3) is 0 Å². The van der Waals surface area contributed by atoms with Gasteiger partial charge in [0.15, 0.2) is 0 Å². The summed E-state index contributed by atoms with van der Waals surface area (Å²) in [5.41, 5.74) is -1.13. The molecule has 0 radical (unpaired) electrons. The number of carboxylic acid groups (broad SMARTS) is 1. The zero-order valence-corrected chi connectivity index (χ0v) is 11.9. The lowest BCUT2D eigenvalue weighted by atomic mass is 9.88. The average Bonchev–Trinajstić information content (AvgIpc) is 2.40. The standard InChI is InChI=1S/C14H25NO4/c1-3-5-6-11(4-2)12(16)15-14(13(17)18)7-9-19-10-8-14/h11H,3-10H2,1-2H3,(H,15,16)(H,17,18). The summed E-state index contributed by atoms with van der Waals surface area (Å²) >= 11 is 0. The maximum Gasteiger partial charge on any atom is 0.329 e. The van der Waals surface area contributed by atoms with Gasteiger partial charge in [0, 0.05) is 32.0 Å². The van der Waals surface area contributed by atoms with Crippen molar-refractivity contribution in [3.63, 3.8) is 0 Å². The van der Waals surface area contributed by atoms with E-state index in [9.17, 15) is 14.7 Å². The Bertz CT molecular complexity index is 311. The van der Waals surface area contributed by atoms with E-state index in [0.29, 0.717) is 26.1 Å². The predicted octanol–water partition coefficient (Wildman–Crippen LogP) is 1.95. The first-order chi connectivity index (χ1) is 9.05. The Hall–Kier alpha value is -1.10. The lowest BCUT2D eigenvalue weighted by molar-refractivity contribution is -0.152. The molecule has 5 nitrogen and oxygen atoms in total. The minimum atomic E-state index is -1.13. The summed E-state index contributed by atoms with van der Waals surface area (Å²) in [6.07, 6.45) is 4.30. The SMILES string of the molecule is CCCCC(CC)C(=O)NC1(C(=O)O)CCOCC1. The normalized spacial score (nSPS) is 19.7. The van der Waals surface area contributed by atoms with Crippen molar-refractivity contribution in [2.45, 2.75) is 57.9 Å². The molecule has 2 N–H and O–H groups in total. The molecule has 19 heavy (non-hydrogen) atoms. The Labute approximate surface area is 114 Å². The van der Waals surface area contributed by atoms with Crippen LogP contribution >= 0.6 is 0 Å². The van der Waals surface area contributed by atoms with Crippen LogP contribution in [-0.4, -0.2) is 35.7 Å². The average molecular weight is 271 g/mol. The van der Waals surface area contributed by atoms with Crippen molar-refractivity contribution < 1.29 is 19.4 Å². The van der Waals surface area contributed by atoms with E-state index >= 15 is 0 Å². The summed E-state index contributed by atoms with van der Waals surface area (Å²) in [7, 11) is 0. The zero-order valence-electron chi connectivity index (χ0n) is 11.9. The van der Waals surface area contributed by atoms with Crippen LogP contribution in [0.15, 0.2) is 0 Å². The molecule has 0 aromatic rings. The van der Waals surface area contributed by atoms with Crippen molar-refractivity contribution in [2.75, 3.05) is 13.2 Å². The molecule has 1 unspecified atom stereocenters. The quantitative estimate of drug-likeness (QED) is 0.742. The lowest BCUT2D eigenvalue weighted by Gasteiger charge is -2.35. The zero-order chi connectivity index (χ0) is 14.3. The molecule has 1 aliphatic heterocycles. The Morgan fingerprint density at radius 1 is 1.32 bits per heavy atom. The van der Waals surface area contributed by atoms with Crippen LogP contribution in [0.4, 0.5) is 0 Å². The van der Waals surface area contributed by atoms with Gasteiger partial charge < -0.3 is 15.2 Å². The minimum Gasteiger partial charge on any atom is -0.480 e. The van der Waals surface area contributed by atoms with Crippen LogP contribution in [-0.2, 0) is 14.3 Å². The lowest BCUT2D eigenvalue weighted by Crippen LogP contribution is -2.58. The predicted molar refractivity (Wildman–Crippen MR) is 71.9 cm³/mol. The number of amides is 1. The smallest absolute Gasteiger partial charge is 0.329 e. The number of unbranched alkanes of at least 4 members (excludes halogenated alkanes) is 1. The van der Waals surface area contributed by atoms with Gasteiger partial charge in [-0.05, 0) is 12.8 Å². The highest BCUT2D eigenvalue weighted by atomic mass is 16.5. The van der Waals surface area contributed by atoms with Crippen LogP contribution in [0.1, 0.15) is 52.4 Å². The fraction of sp³-hybridized carbons (Fsp3) is 0.857. The third kappa shape index (κ3) is 4.20. The van der Waals surface area contributed by atoms with Crippen LogP contribution in [0.2, 0.25) is 0 Å². The van der Waals surface area contributed by atoms with E-state index in [1.54, 1.807) is 0 Å². The van der Waals surface area contributed by atoms with Crippen LogP contribution in [0.3, 0.4) is 0 Å². The van der Waals surface area contributed by atoms with Crippen molar-refractivity contribution in [3.8, 4) is 0 Å². The van der Waals surface area contributed by atoms with Crippen molar-refractivity contribution >= 4 is 11.9 Å². The number of aliphatic carboxylic acids is 1. The summed E-state index contributed by atoms with van der Waals surface area (Å²) in [4.78, 5) is 23.7. The van der Waals surface area contributed by atoms with E-state index in [4.69, 9.17) is 4.74 Å². The molecule has 1 fully saturated rings. The molecule has 1 saturated heterocycles. The van der Waals surface area contributed by atoms with Gasteiger partial charge in [-0.1, -0.05) is 26.7 Å². The Morgan fingerprint density at radius 3 is 2.42 bits per heavy atom.